The number of rotatable bonds is 5. The third kappa shape index (κ3) is 4.88. The Bertz CT molecular complexity index is 836. The van der Waals surface area contributed by atoms with E-state index in [9.17, 15) is 15.2 Å². The van der Waals surface area contributed by atoms with Gasteiger partial charge in [-0.25, -0.2) is 0 Å². The third-order valence-corrected chi connectivity index (χ3v) is 4.07. The Kier molecular flexibility index (Phi) is 5.44. The summed E-state index contributed by atoms with van der Waals surface area (Å²) in [6.45, 7) is 10.8. The van der Waals surface area contributed by atoms with Crippen molar-refractivity contribution in [3.8, 4) is 5.75 Å². The highest BCUT2D eigenvalue weighted by molar-refractivity contribution is 5.58. The van der Waals surface area contributed by atoms with E-state index in [-0.39, 0.29) is 28.0 Å². The SMILES string of the molecule is CC(C)(C)CC(C)(C)[13c]1[13cH][13cH][13c](O)[13c](N=Nc2ccccc2[N+](=O)[O-])[13cH]1. The van der Waals surface area contributed by atoms with Crippen LogP contribution in [0.4, 0.5) is 17.1 Å². The van der Waals surface area contributed by atoms with Gasteiger partial charge in [-0.2, -0.15) is 0 Å². The van der Waals surface area contributed by atoms with Crippen LogP contribution < -0.4 is 0 Å². The molecule has 2 aromatic carbocycles. The van der Waals surface area contributed by atoms with Gasteiger partial charge in [-0.05, 0) is 41.0 Å². The first kappa shape index (κ1) is 19.6. The van der Waals surface area contributed by atoms with Gasteiger partial charge in [0, 0.05) is 6.07 Å². The van der Waals surface area contributed by atoms with Gasteiger partial charge in [-0.1, -0.05) is 52.8 Å². The van der Waals surface area contributed by atoms with Crippen molar-refractivity contribution in [3.05, 3.63) is 58.1 Å². The molecular formula is C20H25N3O3. The van der Waals surface area contributed by atoms with Crippen LogP contribution in [0.5, 0.6) is 5.75 Å². The first-order chi connectivity index (χ1) is 12.0. The predicted octanol–water partition coefficient (Wildman–Crippen LogP) is 6.43. The smallest absolute Gasteiger partial charge is 0.296 e. The summed E-state index contributed by atoms with van der Waals surface area (Å²) < 4.78 is 0. The molecule has 0 aliphatic carbocycles. The van der Waals surface area contributed by atoms with Gasteiger partial charge in [-0.3, -0.25) is 10.1 Å². The second-order valence-electron chi connectivity index (χ2n) is 8.27. The molecule has 6 heteroatoms. The van der Waals surface area contributed by atoms with E-state index in [1.165, 1.54) is 12.1 Å². The number of phenolic OH excluding ortho intramolecular Hbond substituents is 1. The van der Waals surface area contributed by atoms with Crippen molar-refractivity contribution in [2.45, 2.75) is 46.5 Å². The van der Waals surface area contributed by atoms with Crippen molar-refractivity contribution >= 4 is 17.1 Å². The molecule has 2 aromatic rings. The van der Waals surface area contributed by atoms with E-state index < -0.39 is 4.92 Å². The van der Waals surface area contributed by atoms with Gasteiger partial charge < -0.3 is 5.11 Å². The van der Waals surface area contributed by atoms with Crippen LogP contribution in [0.25, 0.3) is 0 Å². The molecule has 0 saturated heterocycles. The van der Waals surface area contributed by atoms with Crippen LogP contribution in [0, 0.1) is 15.5 Å². The second-order valence-corrected chi connectivity index (χ2v) is 8.27. The molecule has 0 heterocycles. The number of phenols is 1. The number of para-hydroxylation sites is 1. The van der Waals surface area contributed by atoms with Crippen LogP contribution in [0.1, 0.15) is 46.6 Å². The average Bonchev–Trinajstić information content (AvgIpc) is 2.51. The normalized spacial score (nSPS) is 12.5. The molecule has 6 nitrogen and oxygen atoms in total. The van der Waals surface area contributed by atoms with E-state index in [0.29, 0.717) is 5.69 Å². The second kappa shape index (κ2) is 7.23. The molecule has 0 aromatic heterocycles. The number of nitro benzene ring substituents is 1. The number of nitrogens with zero attached hydrogens (tertiary/aromatic N) is 3. The molecular weight excluding hydrogens is 336 g/mol. The quantitative estimate of drug-likeness (QED) is 0.378. The number of nitro groups is 1. The monoisotopic (exact) mass is 361 g/mol. The summed E-state index contributed by atoms with van der Waals surface area (Å²) >= 11 is 0. The minimum Gasteiger partial charge on any atom is -0.506 e. The highest BCUT2D eigenvalue weighted by atomic mass is 16.6. The first-order valence-electron chi connectivity index (χ1n) is 8.48. The standard InChI is InChI=1S/C20H25N3O3/c1-19(2,3)13-20(4,5)14-10-11-18(24)16(12-14)22-21-15-8-6-7-9-17(15)23(25)26/h6-12,24H,13H2,1-5H3/i10+1,11+1,12+1,14+1,16+1,18+1. The molecule has 2 rings (SSSR count). The average molecular weight is 361 g/mol. The summed E-state index contributed by atoms with van der Waals surface area (Å²) in [4.78, 5) is 10.6. The molecule has 0 fully saturated rings. The Morgan fingerprint density at radius 1 is 1.00 bits per heavy atom. The largest absolute Gasteiger partial charge is 0.506 e. The molecule has 0 aliphatic rings. The molecule has 0 radical (unpaired) electrons. The highest BCUT2D eigenvalue weighted by Crippen LogP contribution is 2.40. The predicted molar refractivity (Wildman–Crippen MR) is 102 cm³/mol. The lowest BCUT2D eigenvalue weighted by molar-refractivity contribution is -0.384. The van der Waals surface area contributed by atoms with E-state index in [4.69, 9.17) is 0 Å². The van der Waals surface area contributed by atoms with Crippen LogP contribution >= 0.6 is 0 Å². The third-order valence-electron chi connectivity index (χ3n) is 4.07. The number of aromatic hydroxyl groups is 1. The van der Waals surface area contributed by atoms with E-state index in [2.05, 4.69) is 44.8 Å². The molecule has 0 bridgehead atoms. The summed E-state index contributed by atoms with van der Waals surface area (Å²) in [7, 11) is 0. The topological polar surface area (TPSA) is 88.1 Å². The molecule has 0 spiro atoms. The van der Waals surface area contributed by atoms with Gasteiger partial charge in [0.05, 0.1) is 4.92 Å². The van der Waals surface area contributed by atoms with Gasteiger partial charge in [0.2, 0.25) is 0 Å². The Labute approximate surface area is 153 Å². The molecule has 0 unspecified atom stereocenters. The molecule has 1 N–H and O–H groups in total. The fourth-order valence-corrected chi connectivity index (χ4v) is 3.26. The van der Waals surface area contributed by atoms with Gasteiger partial charge in [0.15, 0.2) is 5.69 Å². The number of azo groups is 1. The lowest BCUT2D eigenvalue weighted by Crippen LogP contribution is -2.24. The minimum absolute atomic E-state index is 0.0114. The van der Waals surface area contributed by atoms with Gasteiger partial charge in [0.25, 0.3) is 5.69 Å². The summed E-state index contributed by atoms with van der Waals surface area (Å²) in [5.41, 5.74) is 1.38. The lowest BCUT2D eigenvalue weighted by atomic mass is 9.80. The van der Waals surface area contributed by atoms with Gasteiger partial charge >= 0.3 is 0 Å². The maximum absolute atomic E-state index is 11.1. The fourth-order valence-electron chi connectivity index (χ4n) is 3.26. The highest BCUT2D eigenvalue weighted by Gasteiger charge is 2.27. The minimum atomic E-state index is -0.503. The Morgan fingerprint density at radius 3 is 2.23 bits per heavy atom. The van der Waals surface area contributed by atoms with E-state index in [1.54, 1.807) is 24.3 Å². The molecule has 26 heavy (non-hydrogen) atoms. The summed E-state index contributed by atoms with van der Waals surface area (Å²) in [6, 6.07) is 11.4. The van der Waals surface area contributed by atoms with Crippen LogP contribution in [0.15, 0.2) is 52.7 Å². The van der Waals surface area contributed by atoms with E-state index in [0.717, 1.165) is 12.0 Å². The fraction of sp³-hybridized carbons (Fsp3) is 0.400. The van der Waals surface area contributed by atoms with E-state index >= 15 is 0 Å². The van der Waals surface area contributed by atoms with Gasteiger partial charge in [-0.15, -0.1) is 10.2 Å². The zero-order chi connectivity index (χ0) is 19.5. The van der Waals surface area contributed by atoms with Crippen molar-refractivity contribution < 1.29 is 10.0 Å². The summed E-state index contributed by atoms with van der Waals surface area (Å²) in [5.74, 6) is -0.0114. The maximum Gasteiger partial charge on any atom is 0.296 e. The van der Waals surface area contributed by atoms with Crippen molar-refractivity contribution in [2.75, 3.05) is 0 Å². The van der Waals surface area contributed by atoms with Crippen LogP contribution in [0.2, 0.25) is 0 Å². The maximum atomic E-state index is 11.1. The summed E-state index contributed by atoms with van der Waals surface area (Å²) in [5, 5.41) is 29.2. The van der Waals surface area contributed by atoms with Crippen molar-refractivity contribution in [3.63, 3.8) is 0 Å². The van der Waals surface area contributed by atoms with Crippen molar-refractivity contribution in [2.24, 2.45) is 15.6 Å². The Hall–Kier alpha value is -2.76. The Balaban J connectivity index is 2.38. The van der Waals surface area contributed by atoms with Gasteiger partial charge in [0.1, 0.15) is 11.4 Å². The van der Waals surface area contributed by atoms with Crippen LogP contribution in [0.3, 0.4) is 0 Å². The zero-order valence-corrected chi connectivity index (χ0v) is 15.9. The number of benzene rings is 2. The zero-order valence-electron chi connectivity index (χ0n) is 15.9. The Morgan fingerprint density at radius 2 is 1.62 bits per heavy atom. The van der Waals surface area contributed by atoms with E-state index in [1.807, 2.05) is 6.07 Å². The summed E-state index contributed by atoms with van der Waals surface area (Å²) in [6.07, 6.45) is 0.950. The molecule has 0 saturated carbocycles. The molecule has 0 atom stereocenters. The first-order valence-corrected chi connectivity index (χ1v) is 8.48. The van der Waals surface area contributed by atoms with Crippen LogP contribution in [-0.4, -0.2) is 10.0 Å². The molecule has 138 valence electrons. The lowest BCUT2D eigenvalue weighted by Gasteiger charge is -2.33. The number of hydrogen-bond acceptors (Lipinski definition) is 5. The van der Waals surface area contributed by atoms with Crippen molar-refractivity contribution in [1.82, 2.24) is 0 Å². The van der Waals surface area contributed by atoms with Crippen LogP contribution in [-0.2, 0) is 5.41 Å². The molecule has 0 aliphatic heterocycles. The number of hydrogen-bond donors (Lipinski definition) is 1. The van der Waals surface area contributed by atoms with Crippen molar-refractivity contribution in [1.29, 1.82) is 0 Å². The molecule has 0 amide bonds.